The van der Waals surface area contributed by atoms with Crippen molar-refractivity contribution in [1.82, 2.24) is 10.2 Å². The second kappa shape index (κ2) is 7.56. The summed E-state index contributed by atoms with van der Waals surface area (Å²) in [5, 5.41) is 13.0. The summed E-state index contributed by atoms with van der Waals surface area (Å²) in [4.78, 5) is 14.3. The Kier molecular flexibility index (Phi) is 6.02. The summed E-state index contributed by atoms with van der Waals surface area (Å²) in [5.74, 6) is -0.0620. The third-order valence-electron chi connectivity index (χ3n) is 5.08. The van der Waals surface area contributed by atoms with Crippen molar-refractivity contribution < 1.29 is 14.6 Å². The number of rotatable bonds is 7. The van der Waals surface area contributed by atoms with E-state index in [2.05, 4.69) is 17.1 Å². The van der Waals surface area contributed by atoms with E-state index in [0.29, 0.717) is 12.0 Å². The van der Waals surface area contributed by atoms with E-state index in [1.165, 1.54) is 6.42 Å². The highest BCUT2D eigenvalue weighted by molar-refractivity contribution is 5.79. The van der Waals surface area contributed by atoms with Gasteiger partial charge < -0.3 is 15.2 Å². The molecule has 1 saturated heterocycles. The van der Waals surface area contributed by atoms with Crippen LogP contribution in [0.2, 0.25) is 0 Å². The van der Waals surface area contributed by atoms with Crippen molar-refractivity contribution in [1.29, 1.82) is 0 Å². The molecule has 1 aliphatic heterocycles. The van der Waals surface area contributed by atoms with E-state index in [4.69, 9.17) is 4.74 Å². The fourth-order valence-electron chi connectivity index (χ4n) is 3.92. The van der Waals surface area contributed by atoms with Crippen LogP contribution in [0.5, 0.6) is 0 Å². The zero-order valence-electron chi connectivity index (χ0n) is 13.4. The molecule has 5 nitrogen and oxygen atoms in total. The molecule has 3 atom stereocenters. The Morgan fingerprint density at radius 2 is 2.29 bits per heavy atom. The topological polar surface area (TPSA) is 61.8 Å². The van der Waals surface area contributed by atoms with Crippen LogP contribution in [0.15, 0.2) is 0 Å². The predicted octanol–water partition coefficient (Wildman–Crippen LogP) is 1.72. The van der Waals surface area contributed by atoms with Gasteiger partial charge in [0.25, 0.3) is 0 Å². The van der Waals surface area contributed by atoms with Crippen LogP contribution in [0.3, 0.4) is 0 Å². The molecule has 5 heteroatoms. The molecule has 2 N–H and O–H groups in total. The number of hydrogen-bond acceptors (Lipinski definition) is 4. The number of methoxy groups -OCH3 is 1. The van der Waals surface area contributed by atoms with Crippen molar-refractivity contribution in [2.24, 2.45) is 5.92 Å². The van der Waals surface area contributed by atoms with E-state index in [1.807, 2.05) is 0 Å². The van der Waals surface area contributed by atoms with Gasteiger partial charge in [-0.05, 0) is 57.5 Å². The number of likely N-dealkylation sites (tertiary alicyclic amines) is 1. The van der Waals surface area contributed by atoms with Crippen molar-refractivity contribution in [2.75, 3.05) is 33.4 Å². The molecule has 0 amide bonds. The molecule has 2 rings (SSSR count). The van der Waals surface area contributed by atoms with Crippen LogP contribution in [0, 0.1) is 5.92 Å². The van der Waals surface area contributed by atoms with Crippen LogP contribution in [-0.2, 0) is 9.53 Å². The molecule has 2 fully saturated rings. The second-order valence-electron chi connectivity index (χ2n) is 6.67. The van der Waals surface area contributed by atoms with Gasteiger partial charge in [-0.1, -0.05) is 6.92 Å². The summed E-state index contributed by atoms with van der Waals surface area (Å²) in [6.07, 6.45) is 5.77. The van der Waals surface area contributed by atoms with E-state index in [-0.39, 0.29) is 0 Å². The van der Waals surface area contributed by atoms with Gasteiger partial charge >= 0.3 is 5.97 Å². The predicted molar refractivity (Wildman–Crippen MR) is 82.5 cm³/mol. The third kappa shape index (κ3) is 3.96. The standard InChI is InChI=1S/C16H30N2O3/c1-3-8-17-16(15(19)20)7-4-5-14(10-16)18-9-6-13(11-18)12-21-2/h13-14,17H,3-12H2,1-2H3,(H,19,20). The minimum Gasteiger partial charge on any atom is -0.480 e. The van der Waals surface area contributed by atoms with E-state index >= 15 is 0 Å². The maximum absolute atomic E-state index is 11.8. The first-order valence-electron chi connectivity index (χ1n) is 8.32. The average Bonchev–Trinajstić information content (AvgIpc) is 2.94. The summed E-state index contributed by atoms with van der Waals surface area (Å²) in [6.45, 7) is 5.83. The lowest BCUT2D eigenvalue weighted by Gasteiger charge is -2.42. The van der Waals surface area contributed by atoms with Gasteiger partial charge in [-0.3, -0.25) is 9.69 Å². The Balaban J connectivity index is 1.97. The number of hydrogen-bond donors (Lipinski definition) is 2. The van der Waals surface area contributed by atoms with Crippen LogP contribution in [0.25, 0.3) is 0 Å². The van der Waals surface area contributed by atoms with Crippen LogP contribution in [0.4, 0.5) is 0 Å². The maximum Gasteiger partial charge on any atom is 0.323 e. The number of carboxylic acid groups (broad SMARTS) is 1. The third-order valence-corrected chi connectivity index (χ3v) is 5.08. The molecule has 122 valence electrons. The number of ether oxygens (including phenoxy) is 1. The van der Waals surface area contributed by atoms with Crippen LogP contribution in [-0.4, -0.2) is 60.9 Å². The van der Waals surface area contributed by atoms with E-state index in [0.717, 1.165) is 58.3 Å². The highest BCUT2D eigenvalue weighted by Crippen LogP contribution is 2.34. The largest absolute Gasteiger partial charge is 0.480 e. The minimum atomic E-state index is -0.710. The van der Waals surface area contributed by atoms with Crippen LogP contribution >= 0.6 is 0 Å². The smallest absolute Gasteiger partial charge is 0.323 e. The zero-order chi connectivity index (χ0) is 15.3. The average molecular weight is 298 g/mol. The number of carboxylic acids is 1. The second-order valence-corrected chi connectivity index (χ2v) is 6.67. The summed E-state index contributed by atoms with van der Waals surface area (Å²) >= 11 is 0. The molecule has 0 radical (unpaired) electrons. The van der Waals surface area contributed by atoms with Crippen molar-refractivity contribution in [2.45, 2.75) is 57.0 Å². The van der Waals surface area contributed by atoms with Crippen molar-refractivity contribution in [3.05, 3.63) is 0 Å². The lowest BCUT2D eigenvalue weighted by Crippen LogP contribution is -2.58. The number of carbonyl (C=O) groups is 1. The SMILES string of the molecule is CCCNC1(C(=O)O)CCCC(N2CCC(COC)C2)C1. The lowest BCUT2D eigenvalue weighted by molar-refractivity contribution is -0.147. The number of aliphatic carboxylic acids is 1. The molecule has 0 spiro atoms. The van der Waals surface area contributed by atoms with Crippen molar-refractivity contribution >= 4 is 5.97 Å². The van der Waals surface area contributed by atoms with Gasteiger partial charge in [0.05, 0.1) is 6.61 Å². The molecule has 3 unspecified atom stereocenters. The molecule has 1 heterocycles. The Labute approximate surface area is 128 Å². The Morgan fingerprint density at radius 3 is 2.95 bits per heavy atom. The summed E-state index contributed by atoms with van der Waals surface area (Å²) in [5.41, 5.74) is -0.710. The Morgan fingerprint density at radius 1 is 1.48 bits per heavy atom. The van der Waals surface area contributed by atoms with E-state index in [1.54, 1.807) is 7.11 Å². The molecular weight excluding hydrogens is 268 g/mol. The van der Waals surface area contributed by atoms with Crippen molar-refractivity contribution in [3.8, 4) is 0 Å². The molecular formula is C16H30N2O3. The van der Waals surface area contributed by atoms with E-state index < -0.39 is 11.5 Å². The monoisotopic (exact) mass is 298 g/mol. The summed E-state index contributed by atoms with van der Waals surface area (Å²) in [6, 6.07) is 0.404. The first kappa shape index (κ1) is 16.7. The normalized spacial score (nSPS) is 34.2. The van der Waals surface area contributed by atoms with Gasteiger partial charge in [0.15, 0.2) is 0 Å². The Hall–Kier alpha value is -0.650. The zero-order valence-corrected chi connectivity index (χ0v) is 13.4. The Bertz CT molecular complexity index is 350. The van der Waals surface area contributed by atoms with Gasteiger partial charge in [0.1, 0.15) is 5.54 Å². The van der Waals surface area contributed by atoms with Crippen LogP contribution < -0.4 is 5.32 Å². The van der Waals surface area contributed by atoms with Gasteiger partial charge in [0, 0.05) is 19.7 Å². The molecule has 0 bridgehead atoms. The summed E-state index contributed by atoms with van der Waals surface area (Å²) < 4.78 is 5.26. The van der Waals surface area contributed by atoms with Crippen LogP contribution in [0.1, 0.15) is 45.4 Å². The molecule has 0 aromatic heterocycles. The van der Waals surface area contributed by atoms with Crippen molar-refractivity contribution in [3.63, 3.8) is 0 Å². The van der Waals surface area contributed by atoms with Gasteiger partial charge in [0.2, 0.25) is 0 Å². The first-order valence-corrected chi connectivity index (χ1v) is 8.32. The minimum absolute atomic E-state index is 0.404. The lowest BCUT2D eigenvalue weighted by atomic mass is 9.78. The molecule has 2 aliphatic rings. The number of nitrogens with one attached hydrogen (secondary N) is 1. The molecule has 1 aliphatic carbocycles. The van der Waals surface area contributed by atoms with E-state index in [9.17, 15) is 9.90 Å². The quantitative estimate of drug-likeness (QED) is 0.749. The summed E-state index contributed by atoms with van der Waals surface area (Å²) in [7, 11) is 1.76. The molecule has 21 heavy (non-hydrogen) atoms. The fraction of sp³-hybridized carbons (Fsp3) is 0.938. The van der Waals surface area contributed by atoms with Gasteiger partial charge in [-0.2, -0.15) is 0 Å². The number of nitrogens with zero attached hydrogens (tertiary/aromatic N) is 1. The molecule has 0 aromatic carbocycles. The fourth-order valence-corrected chi connectivity index (χ4v) is 3.92. The maximum atomic E-state index is 11.8. The highest BCUT2D eigenvalue weighted by Gasteiger charge is 2.44. The van der Waals surface area contributed by atoms with Gasteiger partial charge in [-0.25, -0.2) is 0 Å². The highest BCUT2D eigenvalue weighted by atomic mass is 16.5. The van der Waals surface area contributed by atoms with Gasteiger partial charge in [-0.15, -0.1) is 0 Å². The first-order chi connectivity index (χ1) is 10.1. The molecule has 1 saturated carbocycles. The molecule has 0 aromatic rings.